The average molecular weight is 296 g/mol. The summed E-state index contributed by atoms with van der Waals surface area (Å²) >= 11 is 1.29. The van der Waals surface area contributed by atoms with Gasteiger partial charge in [-0.15, -0.1) is 0 Å². The maximum absolute atomic E-state index is 11.6. The third-order valence-corrected chi connectivity index (χ3v) is 4.58. The van der Waals surface area contributed by atoms with Gasteiger partial charge in [0, 0.05) is 17.5 Å². The van der Waals surface area contributed by atoms with Crippen molar-refractivity contribution in [1.82, 2.24) is 9.97 Å². The summed E-state index contributed by atoms with van der Waals surface area (Å²) in [7, 11) is 0. The number of thioether (sulfide) groups is 1. The van der Waals surface area contributed by atoms with Crippen molar-refractivity contribution in [2.75, 3.05) is 5.75 Å². The van der Waals surface area contributed by atoms with E-state index in [0.717, 1.165) is 31.4 Å². The van der Waals surface area contributed by atoms with E-state index in [4.69, 9.17) is 11.5 Å². The van der Waals surface area contributed by atoms with E-state index in [0.29, 0.717) is 10.9 Å². The minimum absolute atomic E-state index is 0.151. The molecule has 0 aliphatic heterocycles. The number of nitrogens with two attached hydrogens (primary N) is 2. The van der Waals surface area contributed by atoms with Gasteiger partial charge >= 0.3 is 0 Å². The molecule has 0 aromatic carbocycles. The van der Waals surface area contributed by atoms with Gasteiger partial charge in [-0.05, 0) is 25.2 Å². The van der Waals surface area contributed by atoms with E-state index in [9.17, 15) is 9.59 Å². The van der Waals surface area contributed by atoms with Crippen LogP contribution in [0.4, 0.5) is 0 Å². The number of H-pyrrole nitrogens is 1. The predicted molar refractivity (Wildman–Crippen MR) is 78.4 cm³/mol. The van der Waals surface area contributed by atoms with Gasteiger partial charge in [-0.3, -0.25) is 9.59 Å². The summed E-state index contributed by atoms with van der Waals surface area (Å²) in [5.41, 5.74) is 11.1. The number of carbonyl (C=O) groups excluding carboxylic acids is 1. The standard InChI is InChI=1S/C13H20N4O2S/c1-2-3-9-6-10(18)17-12(16-9)20-7-13(15,11(14)19)8-4-5-8/h6,8H,2-5,7,15H2,1H3,(H2,14,19)(H,16,17,18). The Labute approximate surface area is 121 Å². The highest BCUT2D eigenvalue weighted by Crippen LogP contribution is 2.40. The smallest absolute Gasteiger partial charge is 0.251 e. The number of hydrogen-bond donors (Lipinski definition) is 3. The van der Waals surface area contributed by atoms with Gasteiger partial charge in [0.25, 0.3) is 5.56 Å². The second-order valence-electron chi connectivity index (χ2n) is 5.26. The Morgan fingerprint density at radius 2 is 2.30 bits per heavy atom. The van der Waals surface area contributed by atoms with E-state index in [-0.39, 0.29) is 11.5 Å². The van der Waals surface area contributed by atoms with Crippen LogP contribution in [0, 0.1) is 5.92 Å². The molecule has 1 heterocycles. The van der Waals surface area contributed by atoms with Gasteiger partial charge in [0.05, 0.1) is 0 Å². The van der Waals surface area contributed by atoms with Crippen LogP contribution in [0.3, 0.4) is 0 Å². The molecule has 1 aromatic rings. The van der Waals surface area contributed by atoms with Crippen LogP contribution >= 0.6 is 11.8 Å². The summed E-state index contributed by atoms with van der Waals surface area (Å²) in [6, 6.07) is 1.50. The molecule has 0 saturated heterocycles. The van der Waals surface area contributed by atoms with Gasteiger partial charge in [-0.25, -0.2) is 4.98 Å². The highest BCUT2D eigenvalue weighted by molar-refractivity contribution is 7.99. The van der Waals surface area contributed by atoms with E-state index in [1.165, 1.54) is 17.8 Å². The fourth-order valence-corrected chi connectivity index (χ4v) is 3.22. The molecule has 1 aliphatic rings. The number of nitrogens with one attached hydrogen (secondary N) is 1. The molecule has 1 saturated carbocycles. The van der Waals surface area contributed by atoms with Gasteiger partial charge in [0.2, 0.25) is 5.91 Å². The lowest BCUT2D eigenvalue weighted by Crippen LogP contribution is -2.56. The second kappa shape index (κ2) is 5.97. The average Bonchev–Trinajstić information content (AvgIpc) is 3.20. The Balaban J connectivity index is 2.10. The second-order valence-corrected chi connectivity index (χ2v) is 6.22. The Morgan fingerprint density at radius 1 is 1.60 bits per heavy atom. The highest BCUT2D eigenvalue weighted by Gasteiger charge is 2.46. The number of aromatic amines is 1. The van der Waals surface area contributed by atoms with Crippen LogP contribution in [0.2, 0.25) is 0 Å². The minimum Gasteiger partial charge on any atom is -0.368 e. The summed E-state index contributed by atoms with van der Waals surface area (Å²) in [6.45, 7) is 2.03. The summed E-state index contributed by atoms with van der Waals surface area (Å²) < 4.78 is 0. The SMILES string of the molecule is CCCc1cc(=O)[nH]c(SCC(N)(C(N)=O)C2CC2)n1. The van der Waals surface area contributed by atoms with Crippen LogP contribution in [0.5, 0.6) is 0 Å². The Morgan fingerprint density at radius 3 is 2.85 bits per heavy atom. The molecule has 110 valence electrons. The first-order valence-corrected chi connectivity index (χ1v) is 7.76. The maximum atomic E-state index is 11.6. The number of nitrogens with zero attached hydrogens (tertiary/aromatic N) is 1. The van der Waals surface area contributed by atoms with Crippen molar-refractivity contribution < 1.29 is 4.79 Å². The molecule has 1 aliphatic carbocycles. The van der Waals surface area contributed by atoms with Crippen LogP contribution < -0.4 is 17.0 Å². The molecule has 7 heteroatoms. The Bertz CT molecular complexity index is 556. The first-order chi connectivity index (χ1) is 9.45. The van der Waals surface area contributed by atoms with Crippen LogP contribution in [-0.2, 0) is 11.2 Å². The number of aromatic nitrogens is 2. The zero-order chi connectivity index (χ0) is 14.8. The van der Waals surface area contributed by atoms with Crippen molar-refractivity contribution >= 4 is 17.7 Å². The van der Waals surface area contributed by atoms with E-state index in [1.54, 1.807) is 0 Å². The summed E-state index contributed by atoms with van der Waals surface area (Å²) in [6.07, 6.45) is 3.54. The first kappa shape index (κ1) is 15.1. The van der Waals surface area contributed by atoms with Crippen molar-refractivity contribution in [3.8, 4) is 0 Å². The third-order valence-electron chi connectivity index (χ3n) is 3.49. The highest BCUT2D eigenvalue weighted by atomic mass is 32.2. The summed E-state index contributed by atoms with van der Waals surface area (Å²) in [5.74, 6) is 0.00326. The Hall–Kier alpha value is -1.34. The van der Waals surface area contributed by atoms with Gasteiger partial charge in [-0.1, -0.05) is 25.1 Å². The minimum atomic E-state index is -1.01. The quantitative estimate of drug-likeness (QED) is 0.498. The molecule has 1 aromatic heterocycles. The maximum Gasteiger partial charge on any atom is 0.251 e. The number of primary amides is 1. The zero-order valence-electron chi connectivity index (χ0n) is 11.5. The largest absolute Gasteiger partial charge is 0.368 e. The number of carbonyl (C=O) groups is 1. The number of aryl methyl sites for hydroxylation is 1. The number of amides is 1. The number of rotatable bonds is 7. The lowest BCUT2D eigenvalue weighted by molar-refractivity contribution is -0.123. The van der Waals surface area contributed by atoms with E-state index < -0.39 is 11.4 Å². The molecule has 0 bridgehead atoms. The van der Waals surface area contributed by atoms with Crippen LogP contribution in [-0.4, -0.2) is 27.2 Å². The van der Waals surface area contributed by atoms with Crippen molar-refractivity contribution in [3.05, 3.63) is 22.1 Å². The molecular formula is C13H20N4O2S. The molecule has 1 fully saturated rings. The van der Waals surface area contributed by atoms with Gasteiger partial charge in [0.15, 0.2) is 5.16 Å². The van der Waals surface area contributed by atoms with Gasteiger partial charge in [0.1, 0.15) is 5.54 Å². The van der Waals surface area contributed by atoms with Crippen molar-refractivity contribution in [3.63, 3.8) is 0 Å². The van der Waals surface area contributed by atoms with Crippen molar-refractivity contribution in [2.24, 2.45) is 17.4 Å². The van der Waals surface area contributed by atoms with Crippen LogP contribution in [0.1, 0.15) is 31.9 Å². The molecule has 1 atom stereocenters. The van der Waals surface area contributed by atoms with Crippen molar-refractivity contribution in [1.29, 1.82) is 0 Å². The monoisotopic (exact) mass is 296 g/mol. The fourth-order valence-electron chi connectivity index (χ4n) is 2.11. The molecule has 1 amide bonds. The summed E-state index contributed by atoms with van der Waals surface area (Å²) in [5, 5.41) is 0.498. The lowest BCUT2D eigenvalue weighted by atomic mass is 9.96. The fraction of sp³-hybridized carbons (Fsp3) is 0.615. The Kier molecular flexibility index (Phi) is 4.49. The van der Waals surface area contributed by atoms with E-state index in [2.05, 4.69) is 9.97 Å². The number of hydrogen-bond acceptors (Lipinski definition) is 5. The molecule has 6 nitrogen and oxygen atoms in total. The zero-order valence-corrected chi connectivity index (χ0v) is 12.3. The predicted octanol–water partition coefficient (Wildman–Crippen LogP) is 0.407. The van der Waals surface area contributed by atoms with Gasteiger partial charge < -0.3 is 16.5 Å². The summed E-state index contributed by atoms with van der Waals surface area (Å²) in [4.78, 5) is 30.1. The molecule has 2 rings (SSSR count). The normalized spacial score (nSPS) is 17.7. The third kappa shape index (κ3) is 3.40. The molecule has 0 spiro atoms. The van der Waals surface area contributed by atoms with Crippen LogP contribution in [0.25, 0.3) is 0 Å². The van der Waals surface area contributed by atoms with Crippen LogP contribution in [0.15, 0.2) is 16.0 Å². The molecule has 20 heavy (non-hydrogen) atoms. The molecular weight excluding hydrogens is 276 g/mol. The molecule has 5 N–H and O–H groups in total. The molecule has 0 radical (unpaired) electrons. The molecule has 1 unspecified atom stereocenters. The van der Waals surface area contributed by atoms with E-state index >= 15 is 0 Å². The lowest BCUT2D eigenvalue weighted by Gasteiger charge is -2.24. The van der Waals surface area contributed by atoms with Gasteiger partial charge in [-0.2, -0.15) is 0 Å². The first-order valence-electron chi connectivity index (χ1n) is 6.77. The van der Waals surface area contributed by atoms with Crippen molar-refractivity contribution in [2.45, 2.75) is 43.3 Å². The topological polar surface area (TPSA) is 115 Å². The van der Waals surface area contributed by atoms with E-state index in [1.807, 2.05) is 6.92 Å².